The second-order valence-corrected chi connectivity index (χ2v) is 5.31. The van der Waals surface area contributed by atoms with Gasteiger partial charge in [0.2, 0.25) is 5.91 Å². The fraction of sp³-hybridized carbons (Fsp3) is 0.400. The third-order valence-electron chi connectivity index (χ3n) is 3.77. The van der Waals surface area contributed by atoms with E-state index in [0.29, 0.717) is 24.9 Å². The van der Waals surface area contributed by atoms with Crippen molar-refractivity contribution in [2.45, 2.75) is 18.9 Å². The standard InChI is InChI=1S/C15H19N3O4/c16-15(22)18-8-4-7-11(9-18)13(19)17-12(14(20)21)10-5-2-1-3-6-10/h1-3,5-6,11-12H,4,7-9H2,(H2,16,22)(H,17,19)(H,20,21)/t11-,12+/m0/s1. The third kappa shape index (κ3) is 3.75. The number of hydrogen-bond donors (Lipinski definition) is 3. The summed E-state index contributed by atoms with van der Waals surface area (Å²) >= 11 is 0. The molecule has 1 fully saturated rings. The van der Waals surface area contributed by atoms with Crippen molar-refractivity contribution < 1.29 is 19.5 Å². The van der Waals surface area contributed by atoms with Crippen LogP contribution in [0.4, 0.5) is 4.79 Å². The molecular formula is C15H19N3O4. The first-order valence-corrected chi connectivity index (χ1v) is 7.11. The molecule has 1 heterocycles. The summed E-state index contributed by atoms with van der Waals surface area (Å²) < 4.78 is 0. The minimum Gasteiger partial charge on any atom is -0.479 e. The van der Waals surface area contributed by atoms with Crippen LogP contribution in [0.5, 0.6) is 0 Å². The zero-order chi connectivity index (χ0) is 16.1. The zero-order valence-corrected chi connectivity index (χ0v) is 12.1. The molecule has 1 aliphatic heterocycles. The van der Waals surface area contributed by atoms with Gasteiger partial charge in [0.05, 0.1) is 5.92 Å². The summed E-state index contributed by atoms with van der Waals surface area (Å²) in [4.78, 5) is 36.3. The van der Waals surface area contributed by atoms with Gasteiger partial charge in [-0.2, -0.15) is 0 Å². The van der Waals surface area contributed by atoms with Gasteiger partial charge in [0.25, 0.3) is 0 Å². The Kier molecular flexibility index (Phi) is 4.98. The lowest BCUT2D eigenvalue weighted by molar-refractivity contribution is -0.143. The van der Waals surface area contributed by atoms with E-state index in [-0.39, 0.29) is 12.5 Å². The number of nitrogens with two attached hydrogens (primary N) is 1. The topological polar surface area (TPSA) is 113 Å². The molecule has 0 spiro atoms. The van der Waals surface area contributed by atoms with E-state index >= 15 is 0 Å². The van der Waals surface area contributed by atoms with E-state index in [1.165, 1.54) is 4.90 Å². The van der Waals surface area contributed by atoms with Crippen LogP contribution >= 0.6 is 0 Å². The number of carboxylic acids is 1. The Balaban J connectivity index is 2.05. The van der Waals surface area contributed by atoms with Gasteiger partial charge in [0, 0.05) is 13.1 Å². The number of piperidine rings is 1. The molecule has 1 aromatic rings. The number of carbonyl (C=O) groups is 3. The van der Waals surface area contributed by atoms with Crippen molar-refractivity contribution in [3.05, 3.63) is 35.9 Å². The van der Waals surface area contributed by atoms with Gasteiger partial charge >= 0.3 is 12.0 Å². The summed E-state index contributed by atoms with van der Waals surface area (Å²) in [5, 5.41) is 11.9. The third-order valence-corrected chi connectivity index (χ3v) is 3.77. The van der Waals surface area contributed by atoms with E-state index in [1.54, 1.807) is 30.3 Å². The Bertz CT molecular complexity index is 561. The Morgan fingerprint density at radius 2 is 1.95 bits per heavy atom. The number of nitrogens with one attached hydrogen (secondary N) is 1. The Morgan fingerprint density at radius 1 is 1.27 bits per heavy atom. The maximum absolute atomic E-state index is 12.3. The summed E-state index contributed by atoms with van der Waals surface area (Å²) in [6.07, 6.45) is 1.28. The van der Waals surface area contributed by atoms with Gasteiger partial charge in [0.1, 0.15) is 0 Å². The lowest BCUT2D eigenvalue weighted by atomic mass is 9.96. The number of urea groups is 1. The maximum atomic E-state index is 12.3. The summed E-state index contributed by atoms with van der Waals surface area (Å²) in [7, 11) is 0. The second-order valence-electron chi connectivity index (χ2n) is 5.31. The number of amides is 3. The molecule has 22 heavy (non-hydrogen) atoms. The smallest absolute Gasteiger partial charge is 0.330 e. The van der Waals surface area contributed by atoms with Crippen LogP contribution in [-0.4, -0.2) is 41.0 Å². The summed E-state index contributed by atoms with van der Waals surface area (Å²) in [5.74, 6) is -1.93. The van der Waals surface area contributed by atoms with Crippen molar-refractivity contribution >= 4 is 17.9 Å². The molecule has 7 nitrogen and oxygen atoms in total. The average Bonchev–Trinajstić information content (AvgIpc) is 2.53. The molecule has 118 valence electrons. The van der Waals surface area contributed by atoms with E-state index in [0.717, 1.165) is 0 Å². The number of hydrogen-bond acceptors (Lipinski definition) is 3. The molecule has 4 N–H and O–H groups in total. The van der Waals surface area contributed by atoms with Gasteiger partial charge in [-0.3, -0.25) is 4.79 Å². The predicted octanol–water partition coefficient (Wildman–Crippen LogP) is 0.719. The van der Waals surface area contributed by atoms with Gasteiger partial charge in [0.15, 0.2) is 6.04 Å². The molecule has 0 saturated carbocycles. The normalized spacial score (nSPS) is 19.3. The highest BCUT2D eigenvalue weighted by molar-refractivity contribution is 5.86. The number of nitrogens with zero attached hydrogens (tertiary/aromatic N) is 1. The van der Waals surface area contributed by atoms with Gasteiger partial charge < -0.3 is 21.1 Å². The van der Waals surface area contributed by atoms with Gasteiger partial charge in [-0.1, -0.05) is 30.3 Å². The van der Waals surface area contributed by atoms with Crippen molar-refractivity contribution in [3.8, 4) is 0 Å². The molecule has 0 radical (unpaired) electrons. The Hall–Kier alpha value is -2.57. The minimum absolute atomic E-state index is 0.224. The number of likely N-dealkylation sites (tertiary alicyclic amines) is 1. The van der Waals surface area contributed by atoms with E-state index in [2.05, 4.69) is 5.32 Å². The van der Waals surface area contributed by atoms with Crippen molar-refractivity contribution in [2.24, 2.45) is 11.7 Å². The molecule has 1 aromatic carbocycles. The number of benzene rings is 1. The largest absolute Gasteiger partial charge is 0.479 e. The van der Waals surface area contributed by atoms with Crippen molar-refractivity contribution in [1.82, 2.24) is 10.2 Å². The number of aliphatic carboxylic acids is 1. The maximum Gasteiger partial charge on any atom is 0.330 e. The SMILES string of the molecule is NC(=O)N1CCC[C@H](C(=O)N[C@@H](C(=O)O)c2ccccc2)C1. The van der Waals surface area contributed by atoms with Crippen LogP contribution in [0.3, 0.4) is 0 Å². The van der Waals surface area contributed by atoms with Gasteiger partial charge in [-0.15, -0.1) is 0 Å². The van der Waals surface area contributed by atoms with Crippen LogP contribution in [0.25, 0.3) is 0 Å². The van der Waals surface area contributed by atoms with E-state index < -0.39 is 24.0 Å². The molecule has 0 aromatic heterocycles. The highest BCUT2D eigenvalue weighted by Crippen LogP contribution is 2.19. The molecule has 0 bridgehead atoms. The summed E-state index contributed by atoms with van der Waals surface area (Å²) in [6, 6.07) is 6.84. The number of rotatable bonds is 4. The van der Waals surface area contributed by atoms with Crippen LogP contribution in [0, 0.1) is 5.92 Å². The van der Waals surface area contributed by atoms with E-state index in [9.17, 15) is 19.5 Å². The Morgan fingerprint density at radius 3 is 2.55 bits per heavy atom. The number of carboxylic acid groups (broad SMARTS) is 1. The average molecular weight is 305 g/mol. The molecule has 2 atom stereocenters. The molecule has 7 heteroatoms. The summed E-state index contributed by atoms with van der Waals surface area (Å²) in [5.41, 5.74) is 5.74. The lowest BCUT2D eigenvalue weighted by Gasteiger charge is -2.31. The van der Waals surface area contributed by atoms with Crippen LogP contribution in [0.15, 0.2) is 30.3 Å². The fourth-order valence-corrected chi connectivity index (χ4v) is 2.58. The number of carbonyl (C=O) groups excluding carboxylic acids is 2. The number of primary amides is 1. The lowest BCUT2D eigenvalue weighted by Crippen LogP contribution is -2.48. The van der Waals surface area contributed by atoms with Crippen LogP contribution in [0.2, 0.25) is 0 Å². The van der Waals surface area contributed by atoms with Crippen molar-refractivity contribution in [3.63, 3.8) is 0 Å². The summed E-state index contributed by atoms with van der Waals surface area (Å²) in [6.45, 7) is 0.752. The van der Waals surface area contributed by atoms with Crippen LogP contribution in [0.1, 0.15) is 24.4 Å². The van der Waals surface area contributed by atoms with Gasteiger partial charge in [-0.25, -0.2) is 9.59 Å². The Labute approximate surface area is 128 Å². The van der Waals surface area contributed by atoms with E-state index in [1.807, 2.05) is 0 Å². The molecule has 0 unspecified atom stereocenters. The predicted molar refractivity (Wildman–Crippen MR) is 78.8 cm³/mol. The quantitative estimate of drug-likeness (QED) is 0.760. The minimum atomic E-state index is -1.12. The molecular weight excluding hydrogens is 286 g/mol. The molecule has 1 saturated heterocycles. The fourth-order valence-electron chi connectivity index (χ4n) is 2.58. The zero-order valence-electron chi connectivity index (χ0n) is 12.1. The first-order chi connectivity index (χ1) is 10.5. The van der Waals surface area contributed by atoms with Crippen LogP contribution < -0.4 is 11.1 Å². The first-order valence-electron chi connectivity index (χ1n) is 7.11. The molecule has 2 rings (SSSR count). The molecule has 1 aliphatic rings. The highest BCUT2D eigenvalue weighted by atomic mass is 16.4. The first kappa shape index (κ1) is 15.8. The van der Waals surface area contributed by atoms with E-state index in [4.69, 9.17) is 5.73 Å². The monoisotopic (exact) mass is 305 g/mol. The van der Waals surface area contributed by atoms with Crippen molar-refractivity contribution in [1.29, 1.82) is 0 Å². The van der Waals surface area contributed by atoms with Crippen molar-refractivity contribution in [2.75, 3.05) is 13.1 Å². The van der Waals surface area contributed by atoms with Gasteiger partial charge in [-0.05, 0) is 18.4 Å². The second kappa shape index (κ2) is 6.93. The molecule has 3 amide bonds. The van der Waals surface area contributed by atoms with Crippen LogP contribution in [-0.2, 0) is 9.59 Å². The highest BCUT2D eigenvalue weighted by Gasteiger charge is 2.30. The molecule has 0 aliphatic carbocycles.